The smallest absolute Gasteiger partial charge is 0.855 e. The number of aromatic amines is 1. The Morgan fingerprint density at radius 3 is 2.44 bits per heavy atom. The quantitative estimate of drug-likeness (QED) is 0.362. The Kier molecular flexibility index (Phi) is 3.24. The topological polar surface area (TPSA) is 88.4 Å². The molecule has 9 heavy (non-hydrogen) atoms. The minimum atomic E-state index is -0.604. The zero-order valence-corrected chi connectivity index (χ0v) is 6.75. The first-order chi connectivity index (χ1) is 3.84. The van der Waals surface area contributed by atoms with E-state index in [0.29, 0.717) is 0 Å². The van der Waals surface area contributed by atoms with Crippen molar-refractivity contribution in [2.24, 2.45) is 0 Å². The summed E-state index contributed by atoms with van der Waals surface area (Å²) in [6, 6.07) is 1.56. The van der Waals surface area contributed by atoms with Crippen LogP contribution in [0.25, 0.3) is 0 Å². The van der Waals surface area contributed by atoms with Crippen molar-refractivity contribution in [1.82, 2.24) is 15.4 Å². The standard InChI is InChI=1S/C3H2N4O.Na/c4-1-2-3(8)6-7-5-2;/h(H2,5,6,7,8);/q;+1/p-1. The van der Waals surface area contributed by atoms with Crippen LogP contribution in [-0.4, -0.2) is 15.4 Å². The molecule has 0 aromatic carbocycles. The van der Waals surface area contributed by atoms with Gasteiger partial charge in [-0.05, 0) is 0 Å². The van der Waals surface area contributed by atoms with Crippen LogP contribution in [0.2, 0.25) is 0 Å². The van der Waals surface area contributed by atoms with Crippen LogP contribution in [0.3, 0.4) is 0 Å². The fourth-order valence-corrected chi connectivity index (χ4v) is 0.294. The molecule has 5 nitrogen and oxygen atoms in total. The van der Waals surface area contributed by atoms with Crippen molar-refractivity contribution < 1.29 is 34.7 Å². The number of rotatable bonds is 0. The van der Waals surface area contributed by atoms with Gasteiger partial charge in [0, 0.05) is 5.88 Å². The molecule has 0 amide bonds. The monoisotopic (exact) mass is 132 g/mol. The predicted molar refractivity (Wildman–Crippen MR) is 20.5 cm³/mol. The van der Waals surface area contributed by atoms with E-state index in [9.17, 15) is 5.11 Å². The van der Waals surface area contributed by atoms with Crippen molar-refractivity contribution in [3.05, 3.63) is 5.69 Å². The summed E-state index contributed by atoms with van der Waals surface area (Å²) in [5, 5.41) is 26.6. The summed E-state index contributed by atoms with van der Waals surface area (Å²) in [5.41, 5.74) is -0.190. The Morgan fingerprint density at radius 1 is 1.56 bits per heavy atom. The molecule has 0 saturated carbocycles. The normalized spacial score (nSPS) is 7.44. The van der Waals surface area contributed by atoms with E-state index in [0.717, 1.165) is 0 Å². The fraction of sp³-hybridized carbons (Fsp3) is 0. The Hall–Kier alpha value is -0.570. The Labute approximate surface area is 73.0 Å². The summed E-state index contributed by atoms with van der Waals surface area (Å²) in [6.07, 6.45) is 0. The number of nitrogens with one attached hydrogen (secondary N) is 1. The van der Waals surface area contributed by atoms with Gasteiger partial charge in [-0.15, -0.1) is 5.10 Å². The largest absolute Gasteiger partial charge is 1.00 e. The summed E-state index contributed by atoms with van der Waals surface area (Å²) in [6.45, 7) is 0. The van der Waals surface area contributed by atoms with Crippen molar-refractivity contribution in [3.8, 4) is 11.9 Å². The first-order valence-corrected chi connectivity index (χ1v) is 1.82. The van der Waals surface area contributed by atoms with E-state index in [1.807, 2.05) is 5.21 Å². The van der Waals surface area contributed by atoms with Gasteiger partial charge in [0.2, 0.25) is 0 Å². The minimum Gasteiger partial charge on any atom is -0.855 e. The molecular weight excluding hydrogens is 131 g/mol. The van der Waals surface area contributed by atoms with Crippen molar-refractivity contribution >= 4 is 0 Å². The van der Waals surface area contributed by atoms with Gasteiger partial charge < -0.3 is 5.11 Å². The van der Waals surface area contributed by atoms with Gasteiger partial charge in [0.1, 0.15) is 6.07 Å². The van der Waals surface area contributed by atoms with E-state index in [2.05, 4.69) is 10.2 Å². The van der Waals surface area contributed by atoms with Crippen LogP contribution in [0.5, 0.6) is 5.88 Å². The van der Waals surface area contributed by atoms with Gasteiger partial charge in [-0.3, -0.25) is 0 Å². The zero-order chi connectivity index (χ0) is 5.98. The molecule has 0 fully saturated rings. The molecule has 1 heterocycles. The third-order valence-corrected chi connectivity index (χ3v) is 0.622. The fourth-order valence-electron chi connectivity index (χ4n) is 0.294. The Morgan fingerprint density at radius 2 is 2.22 bits per heavy atom. The Balaban J connectivity index is 0.000000640. The molecule has 0 atom stereocenters. The summed E-state index contributed by atoms with van der Waals surface area (Å²) in [4.78, 5) is 0. The Bertz CT molecular complexity index is 226. The third-order valence-electron chi connectivity index (χ3n) is 0.622. The maximum atomic E-state index is 10.2. The van der Waals surface area contributed by atoms with E-state index in [1.54, 1.807) is 6.07 Å². The van der Waals surface area contributed by atoms with Crippen LogP contribution in [0.15, 0.2) is 0 Å². The molecule has 0 saturated heterocycles. The predicted octanol–water partition coefficient (Wildman–Crippen LogP) is -4.25. The first kappa shape index (κ1) is 8.43. The van der Waals surface area contributed by atoms with E-state index in [-0.39, 0.29) is 35.3 Å². The molecule has 0 aliphatic heterocycles. The van der Waals surface area contributed by atoms with Crippen LogP contribution < -0.4 is 34.7 Å². The number of nitriles is 1. The number of aromatic nitrogens is 3. The molecule has 0 spiro atoms. The molecule has 6 heteroatoms. The average Bonchev–Trinajstić information content (AvgIpc) is 2.14. The van der Waals surface area contributed by atoms with E-state index < -0.39 is 5.88 Å². The van der Waals surface area contributed by atoms with Crippen LogP contribution in [-0.2, 0) is 0 Å². The van der Waals surface area contributed by atoms with E-state index in [1.165, 1.54) is 0 Å². The molecule has 0 bridgehead atoms. The maximum Gasteiger partial charge on any atom is 1.00 e. The second-order valence-electron chi connectivity index (χ2n) is 1.09. The van der Waals surface area contributed by atoms with Crippen molar-refractivity contribution in [3.63, 3.8) is 0 Å². The van der Waals surface area contributed by atoms with E-state index in [4.69, 9.17) is 5.26 Å². The van der Waals surface area contributed by atoms with Gasteiger partial charge in [0.05, 0.1) is 0 Å². The first-order valence-electron chi connectivity index (χ1n) is 1.82. The second kappa shape index (κ2) is 3.45. The van der Waals surface area contributed by atoms with Gasteiger partial charge in [0.25, 0.3) is 0 Å². The third kappa shape index (κ3) is 1.68. The molecule has 0 aliphatic rings. The maximum absolute atomic E-state index is 10.2. The van der Waals surface area contributed by atoms with Crippen LogP contribution in [0.1, 0.15) is 5.69 Å². The average molecular weight is 132 g/mol. The van der Waals surface area contributed by atoms with E-state index >= 15 is 0 Å². The van der Waals surface area contributed by atoms with Gasteiger partial charge >= 0.3 is 29.6 Å². The molecule has 1 aromatic heterocycles. The van der Waals surface area contributed by atoms with Gasteiger partial charge in [-0.25, -0.2) is 0 Å². The number of hydrogen-bond acceptors (Lipinski definition) is 4. The number of hydrogen-bond donors (Lipinski definition) is 1. The second-order valence-corrected chi connectivity index (χ2v) is 1.09. The molecule has 1 N–H and O–H groups in total. The zero-order valence-electron chi connectivity index (χ0n) is 4.75. The number of H-pyrrole nitrogens is 1. The van der Waals surface area contributed by atoms with Crippen LogP contribution in [0, 0.1) is 11.3 Å². The molecule has 40 valence electrons. The molecule has 1 aromatic rings. The molecule has 1 rings (SSSR count). The summed E-state index contributed by atoms with van der Waals surface area (Å²) < 4.78 is 0. The van der Waals surface area contributed by atoms with Gasteiger partial charge in [0.15, 0.2) is 5.69 Å². The van der Waals surface area contributed by atoms with Crippen molar-refractivity contribution in [2.75, 3.05) is 0 Å². The molecule has 0 unspecified atom stereocenters. The van der Waals surface area contributed by atoms with Crippen LogP contribution in [0.4, 0.5) is 0 Å². The minimum absolute atomic E-state index is 0. The summed E-state index contributed by atoms with van der Waals surface area (Å²) in [7, 11) is 0. The molecule has 0 aliphatic carbocycles. The number of nitrogens with zero attached hydrogens (tertiary/aromatic N) is 3. The van der Waals surface area contributed by atoms with Crippen molar-refractivity contribution in [2.45, 2.75) is 0 Å². The van der Waals surface area contributed by atoms with Gasteiger partial charge in [-0.2, -0.15) is 15.6 Å². The molecule has 0 radical (unpaired) electrons. The summed E-state index contributed by atoms with van der Waals surface area (Å²) >= 11 is 0. The van der Waals surface area contributed by atoms with Crippen molar-refractivity contribution in [1.29, 1.82) is 5.26 Å². The molecular formula is C3HN4NaO. The summed E-state index contributed by atoms with van der Waals surface area (Å²) in [5.74, 6) is -0.604. The van der Waals surface area contributed by atoms with Crippen LogP contribution >= 0.6 is 0 Å². The van der Waals surface area contributed by atoms with Gasteiger partial charge in [-0.1, -0.05) is 0 Å². The SMILES string of the molecule is N#Cc1n[nH]nc1[O-].[Na+].